The summed E-state index contributed by atoms with van der Waals surface area (Å²) >= 11 is 0. The first kappa shape index (κ1) is 21.4. The van der Waals surface area contributed by atoms with E-state index >= 15 is 0 Å². The van der Waals surface area contributed by atoms with Gasteiger partial charge in [-0.25, -0.2) is 4.79 Å². The Hall–Kier alpha value is -4.26. The number of non-ortho nitro benzene ring substituents is 1. The molecule has 7 nitrogen and oxygen atoms in total. The van der Waals surface area contributed by atoms with Crippen LogP contribution in [-0.2, 0) is 9.53 Å². The van der Waals surface area contributed by atoms with Crippen molar-refractivity contribution in [1.82, 2.24) is 0 Å². The number of hydrogen-bond donors (Lipinski definition) is 1. The molecule has 0 saturated carbocycles. The summed E-state index contributed by atoms with van der Waals surface area (Å²) < 4.78 is 4.79. The summed E-state index contributed by atoms with van der Waals surface area (Å²) in [5.41, 5.74) is 2.81. The molecule has 0 fully saturated rings. The normalized spacial score (nSPS) is 11.0. The zero-order chi connectivity index (χ0) is 22.4. The molecule has 1 N–H and O–H groups in total. The number of hydrogen-bond acceptors (Lipinski definition) is 5. The summed E-state index contributed by atoms with van der Waals surface area (Å²) in [6.07, 6.45) is 1.59. The van der Waals surface area contributed by atoms with E-state index in [2.05, 4.69) is 5.32 Å². The van der Waals surface area contributed by atoms with Crippen molar-refractivity contribution in [2.24, 2.45) is 0 Å². The SMILES string of the molecule is COC(=O)c1cccc(NC(=O)/C(=C/c2cccc([N+](=O)[O-])c2)c2ccccc2)c1C. The molecule has 0 unspecified atom stereocenters. The van der Waals surface area contributed by atoms with Gasteiger partial charge in [0.1, 0.15) is 0 Å². The fourth-order valence-electron chi connectivity index (χ4n) is 3.08. The Balaban J connectivity index is 2.02. The largest absolute Gasteiger partial charge is 0.465 e. The number of carbonyl (C=O) groups excluding carboxylic acids is 2. The van der Waals surface area contributed by atoms with Crippen LogP contribution in [0.3, 0.4) is 0 Å². The van der Waals surface area contributed by atoms with Crippen molar-refractivity contribution < 1.29 is 19.2 Å². The van der Waals surface area contributed by atoms with Crippen LogP contribution in [0.1, 0.15) is 27.0 Å². The first-order valence-electron chi connectivity index (χ1n) is 9.41. The van der Waals surface area contributed by atoms with Gasteiger partial charge in [-0.05, 0) is 41.8 Å². The van der Waals surface area contributed by atoms with Crippen LogP contribution >= 0.6 is 0 Å². The number of nitrogens with zero attached hydrogens (tertiary/aromatic N) is 1. The molecule has 0 spiro atoms. The first-order valence-corrected chi connectivity index (χ1v) is 9.41. The summed E-state index contributed by atoms with van der Waals surface area (Å²) in [6.45, 7) is 1.72. The highest BCUT2D eigenvalue weighted by atomic mass is 16.6. The smallest absolute Gasteiger partial charge is 0.338 e. The average molecular weight is 416 g/mol. The number of amides is 1. The molecule has 0 saturated heterocycles. The molecule has 7 heteroatoms. The molecule has 0 aliphatic rings. The lowest BCUT2D eigenvalue weighted by molar-refractivity contribution is -0.384. The lowest BCUT2D eigenvalue weighted by Gasteiger charge is -2.13. The number of nitro benzene ring substituents is 1. The van der Waals surface area contributed by atoms with Gasteiger partial charge in [0, 0.05) is 23.4 Å². The van der Waals surface area contributed by atoms with E-state index in [1.807, 2.05) is 6.07 Å². The van der Waals surface area contributed by atoms with Crippen LogP contribution < -0.4 is 5.32 Å². The van der Waals surface area contributed by atoms with Gasteiger partial charge in [0.25, 0.3) is 11.6 Å². The highest BCUT2D eigenvalue weighted by molar-refractivity contribution is 6.29. The third-order valence-corrected chi connectivity index (χ3v) is 4.71. The topological polar surface area (TPSA) is 98.5 Å². The van der Waals surface area contributed by atoms with Gasteiger partial charge in [-0.2, -0.15) is 0 Å². The fraction of sp³-hybridized carbons (Fsp3) is 0.0833. The van der Waals surface area contributed by atoms with Crippen molar-refractivity contribution in [2.45, 2.75) is 6.92 Å². The van der Waals surface area contributed by atoms with Crippen LogP contribution in [0, 0.1) is 17.0 Å². The van der Waals surface area contributed by atoms with Crippen LogP contribution in [0.2, 0.25) is 0 Å². The van der Waals surface area contributed by atoms with Crippen molar-refractivity contribution in [1.29, 1.82) is 0 Å². The maximum atomic E-state index is 13.2. The molecule has 156 valence electrons. The van der Waals surface area contributed by atoms with Crippen molar-refractivity contribution in [3.63, 3.8) is 0 Å². The molecular formula is C24H20N2O5. The predicted octanol–water partition coefficient (Wildman–Crippen LogP) is 4.87. The second kappa shape index (κ2) is 9.49. The molecule has 0 heterocycles. The van der Waals surface area contributed by atoms with E-state index in [9.17, 15) is 19.7 Å². The Morgan fingerprint density at radius 3 is 2.39 bits per heavy atom. The highest BCUT2D eigenvalue weighted by Gasteiger charge is 2.17. The third-order valence-electron chi connectivity index (χ3n) is 4.71. The Labute approximate surface area is 179 Å². The summed E-state index contributed by atoms with van der Waals surface area (Å²) in [4.78, 5) is 35.8. The van der Waals surface area contributed by atoms with Crippen LogP contribution in [0.4, 0.5) is 11.4 Å². The van der Waals surface area contributed by atoms with E-state index in [0.717, 1.165) is 0 Å². The fourth-order valence-corrected chi connectivity index (χ4v) is 3.08. The number of rotatable bonds is 6. The Morgan fingerprint density at radius 2 is 1.71 bits per heavy atom. The second-order valence-electron chi connectivity index (χ2n) is 6.70. The van der Waals surface area contributed by atoms with Crippen molar-refractivity contribution in [3.05, 3.63) is 105 Å². The van der Waals surface area contributed by atoms with E-state index in [4.69, 9.17) is 4.74 Å². The lowest BCUT2D eigenvalue weighted by Crippen LogP contribution is -2.16. The second-order valence-corrected chi connectivity index (χ2v) is 6.70. The quantitative estimate of drug-likeness (QED) is 0.203. The first-order chi connectivity index (χ1) is 14.9. The predicted molar refractivity (Wildman–Crippen MR) is 119 cm³/mol. The molecule has 31 heavy (non-hydrogen) atoms. The minimum atomic E-state index is -0.496. The molecule has 0 bridgehead atoms. The summed E-state index contributed by atoms with van der Waals surface area (Å²) in [7, 11) is 1.29. The number of benzene rings is 3. The molecule has 1 amide bonds. The van der Waals surface area contributed by atoms with Crippen LogP contribution in [0.5, 0.6) is 0 Å². The molecule has 0 radical (unpaired) electrons. The van der Waals surface area contributed by atoms with E-state index in [1.165, 1.54) is 19.2 Å². The van der Waals surface area contributed by atoms with Gasteiger partial charge in [-0.3, -0.25) is 14.9 Å². The molecular weight excluding hydrogens is 396 g/mol. The standard InChI is InChI=1S/C24H20N2O5/c1-16-20(24(28)31-2)12-7-13-22(16)25-23(27)21(18-9-4-3-5-10-18)15-17-8-6-11-19(14-17)26(29)30/h3-15H,1-2H3,(H,25,27)/b21-15+. The molecule has 0 aromatic heterocycles. The number of esters is 1. The molecule has 0 atom stereocenters. The monoisotopic (exact) mass is 416 g/mol. The molecule has 3 aromatic rings. The van der Waals surface area contributed by atoms with Gasteiger partial charge in [0.05, 0.1) is 17.6 Å². The minimum absolute atomic E-state index is 0.0665. The number of ether oxygens (including phenoxy) is 1. The van der Waals surface area contributed by atoms with Gasteiger partial charge in [-0.1, -0.05) is 48.5 Å². The van der Waals surface area contributed by atoms with Gasteiger partial charge in [0.15, 0.2) is 0 Å². The highest BCUT2D eigenvalue weighted by Crippen LogP contribution is 2.25. The maximum Gasteiger partial charge on any atom is 0.338 e. The Morgan fingerprint density at radius 1 is 1.00 bits per heavy atom. The number of nitrogens with one attached hydrogen (secondary N) is 1. The van der Waals surface area contributed by atoms with Crippen molar-refractivity contribution >= 4 is 34.9 Å². The Bertz CT molecular complexity index is 1170. The number of carbonyl (C=O) groups is 2. The van der Waals surface area contributed by atoms with Gasteiger partial charge in [0.2, 0.25) is 0 Å². The van der Waals surface area contributed by atoms with Crippen LogP contribution in [0.25, 0.3) is 11.6 Å². The summed E-state index contributed by atoms with van der Waals surface area (Å²) in [6, 6.07) is 20.0. The number of anilines is 1. The van der Waals surface area contributed by atoms with Crippen LogP contribution in [-0.4, -0.2) is 23.9 Å². The zero-order valence-electron chi connectivity index (χ0n) is 17.0. The lowest BCUT2D eigenvalue weighted by atomic mass is 10.0. The van der Waals surface area contributed by atoms with Gasteiger partial charge < -0.3 is 10.1 Å². The molecule has 3 aromatic carbocycles. The van der Waals surface area contributed by atoms with Crippen LogP contribution in [0.15, 0.2) is 72.8 Å². The van der Waals surface area contributed by atoms with Crippen molar-refractivity contribution in [3.8, 4) is 0 Å². The van der Waals surface area contributed by atoms with Gasteiger partial charge in [-0.15, -0.1) is 0 Å². The molecule has 0 aliphatic heterocycles. The maximum absolute atomic E-state index is 13.2. The van der Waals surface area contributed by atoms with E-state index in [1.54, 1.807) is 67.6 Å². The van der Waals surface area contributed by atoms with Crippen molar-refractivity contribution in [2.75, 3.05) is 12.4 Å². The molecule has 3 rings (SSSR count). The molecule has 0 aliphatic carbocycles. The average Bonchev–Trinajstić information content (AvgIpc) is 2.79. The Kier molecular flexibility index (Phi) is 6.57. The van der Waals surface area contributed by atoms with E-state index in [0.29, 0.717) is 33.5 Å². The summed E-state index contributed by atoms with van der Waals surface area (Å²) in [5, 5.41) is 13.9. The minimum Gasteiger partial charge on any atom is -0.465 e. The number of methoxy groups -OCH3 is 1. The van der Waals surface area contributed by atoms with E-state index in [-0.39, 0.29) is 5.69 Å². The zero-order valence-corrected chi connectivity index (χ0v) is 17.0. The third kappa shape index (κ3) is 5.02. The van der Waals surface area contributed by atoms with E-state index < -0.39 is 16.8 Å². The van der Waals surface area contributed by atoms with Gasteiger partial charge >= 0.3 is 5.97 Å². The number of nitro groups is 1. The summed E-state index contributed by atoms with van der Waals surface area (Å²) in [5.74, 6) is -0.910.